The molecule has 2 aromatic heterocycles. The SMILES string of the molecule is c1ccc(-c2cccc(N(c3ccc(-c4ccccc4-c4cccc5c4oc4ccccc45)cc3)c3ccc4c(c3)sc3ccccc34)c2)cc1. The highest BCUT2D eigenvalue weighted by Crippen LogP contribution is 2.43. The third-order valence-electron chi connectivity index (χ3n) is 9.89. The van der Waals surface area contributed by atoms with Crippen LogP contribution in [0.1, 0.15) is 0 Å². The zero-order chi connectivity index (χ0) is 33.7. The van der Waals surface area contributed by atoms with Gasteiger partial charge in [0.25, 0.3) is 0 Å². The molecule has 0 bridgehead atoms. The van der Waals surface area contributed by atoms with Crippen LogP contribution >= 0.6 is 11.3 Å². The highest BCUT2D eigenvalue weighted by molar-refractivity contribution is 7.25. The van der Waals surface area contributed by atoms with Crippen molar-refractivity contribution in [2.45, 2.75) is 0 Å². The van der Waals surface area contributed by atoms with Gasteiger partial charge in [-0.2, -0.15) is 0 Å². The lowest BCUT2D eigenvalue weighted by molar-refractivity contribution is 0.670. The standard InChI is InChI=1S/C48H31NOS/c1-2-12-32(13-3-1)34-14-10-15-36(30-34)49(37-28-29-42-41-19-7-9-23-46(41)51-47(42)31-37)35-26-24-33(25-27-35)38-16-4-5-17-39(38)43-20-11-21-44-40-18-6-8-22-45(40)50-48(43)44/h1-31H. The summed E-state index contributed by atoms with van der Waals surface area (Å²) >= 11 is 1.85. The summed E-state index contributed by atoms with van der Waals surface area (Å²) < 4.78 is 9.05. The average Bonchev–Trinajstić information content (AvgIpc) is 3.77. The largest absolute Gasteiger partial charge is 0.455 e. The zero-order valence-corrected chi connectivity index (χ0v) is 28.5. The fourth-order valence-electron chi connectivity index (χ4n) is 7.48. The number of para-hydroxylation sites is 2. The van der Waals surface area contributed by atoms with Gasteiger partial charge in [-0.05, 0) is 76.3 Å². The quantitative estimate of drug-likeness (QED) is 0.175. The van der Waals surface area contributed by atoms with Gasteiger partial charge in [-0.25, -0.2) is 0 Å². The molecular weight excluding hydrogens is 639 g/mol. The zero-order valence-electron chi connectivity index (χ0n) is 27.7. The maximum absolute atomic E-state index is 6.46. The van der Waals surface area contributed by atoms with E-state index in [0.717, 1.165) is 55.7 Å². The van der Waals surface area contributed by atoms with Crippen molar-refractivity contribution in [1.29, 1.82) is 0 Å². The van der Waals surface area contributed by atoms with Gasteiger partial charge in [0.2, 0.25) is 0 Å². The molecule has 2 nitrogen and oxygen atoms in total. The van der Waals surface area contributed by atoms with Gasteiger partial charge < -0.3 is 9.32 Å². The highest BCUT2D eigenvalue weighted by Gasteiger charge is 2.18. The first-order valence-electron chi connectivity index (χ1n) is 17.3. The van der Waals surface area contributed by atoms with Gasteiger partial charge in [0.1, 0.15) is 11.2 Å². The molecular formula is C48H31NOS. The molecule has 51 heavy (non-hydrogen) atoms. The number of benzene rings is 8. The summed E-state index contributed by atoms with van der Waals surface area (Å²) in [5, 5.41) is 4.88. The lowest BCUT2D eigenvalue weighted by Gasteiger charge is -2.26. The number of fused-ring (bicyclic) bond motifs is 6. The Hall–Kier alpha value is -6.42. The minimum Gasteiger partial charge on any atom is -0.455 e. The number of furan rings is 1. The molecule has 0 radical (unpaired) electrons. The van der Waals surface area contributed by atoms with Crippen LogP contribution < -0.4 is 4.90 Å². The Morgan fingerprint density at radius 3 is 1.86 bits per heavy atom. The smallest absolute Gasteiger partial charge is 0.143 e. The molecule has 10 aromatic rings. The van der Waals surface area contributed by atoms with Gasteiger partial charge in [0.15, 0.2) is 0 Å². The Labute approximate surface area is 300 Å². The molecule has 0 saturated heterocycles. The molecule has 2 heterocycles. The minimum absolute atomic E-state index is 0.909. The molecule has 0 amide bonds. The van der Waals surface area contributed by atoms with E-state index in [1.54, 1.807) is 0 Å². The van der Waals surface area contributed by atoms with Crippen LogP contribution in [0.4, 0.5) is 17.1 Å². The molecule has 0 N–H and O–H groups in total. The molecule has 0 aliphatic heterocycles. The maximum Gasteiger partial charge on any atom is 0.143 e. The number of thiophene rings is 1. The van der Waals surface area contributed by atoms with Gasteiger partial charge in [0, 0.05) is 53.6 Å². The van der Waals surface area contributed by atoms with Crippen LogP contribution in [0.25, 0.3) is 75.5 Å². The molecule has 3 heteroatoms. The second kappa shape index (κ2) is 12.2. The van der Waals surface area contributed by atoms with E-state index in [4.69, 9.17) is 4.42 Å². The van der Waals surface area contributed by atoms with Gasteiger partial charge >= 0.3 is 0 Å². The Morgan fingerprint density at radius 1 is 0.353 bits per heavy atom. The maximum atomic E-state index is 6.46. The van der Waals surface area contributed by atoms with E-state index in [-0.39, 0.29) is 0 Å². The molecule has 10 rings (SSSR count). The first-order valence-corrected chi connectivity index (χ1v) is 18.1. The van der Waals surface area contributed by atoms with Gasteiger partial charge in [-0.15, -0.1) is 11.3 Å². The summed E-state index contributed by atoms with van der Waals surface area (Å²) in [6.07, 6.45) is 0. The second-order valence-corrected chi connectivity index (χ2v) is 14.0. The Kier molecular flexibility index (Phi) is 7.04. The van der Waals surface area contributed by atoms with Crippen LogP contribution in [-0.2, 0) is 0 Å². The predicted octanol–water partition coefficient (Wildman–Crippen LogP) is 14.4. The third kappa shape index (κ3) is 5.10. The fraction of sp³-hybridized carbons (Fsp3) is 0. The lowest BCUT2D eigenvalue weighted by atomic mass is 9.93. The summed E-state index contributed by atoms with van der Waals surface area (Å²) in [7, 11) is 0. The normalized spacial score (nSPS) is 11.5. The molecule has 0 aliphatic carbocycles. The molecule has 0 fully saturated rings. The first kappa shape index (κ1) is 29.5. The second-order valence-electron chi connectivity index (χ2n) is 12.9. The van der Waals surface area contributed by atoms with E-state index in [1.807, 2.05) is 23.5 Å². The third-order valence-corrected chi connectivity index (χ3v) is 11.0. The van der Waals surface area contributed by atoms with Crippen LogP contribution in [0.5, 0.6) is 0 Å². The van der Waals surface area contributed by atoms with Gasteiger partial charge in [0.05, 0.1) is 0 Å². The Balaban J connectivity index is 1.10. The van der Waals surface area contributed by atoms with Crippen molar-refractivity contribution in [1.82, 2.24) is 0 Å². The molecule has 8 aromatic carbocycles. The minimum atomic E-state index is 0.909. The van der Waals surface area contributed by atoms with E-state index in [2.05, 4.69) is 181 Å². The van der Waals surface area contributed by atoms with Crippen LogP contribution in [-0.4, -0.2) is 0 Å². The Morgan fingerprint density at radius 2 is 0.980 bits per heavy atom. The fourth-order valence-corrected chi connectivity index (χ4v) is 8.61. The lowest BCUT2D eigenvalue weighted by Crippen LogP contribution is -2.10. The molecule has 240 valence electrons. The van der Waals surface area contributed by atoms with E-state index in [1.165, 1.54) is 36.9 Å². The van der Waals surface area contributed by atoms with E-state index < -0.39 is 0 Å². The number of nitrogens with zero attached hydrogens (tertiary/aromatic N) is 1. The average molecular weight is 670 g/mol. The molecule has 0 aliphatic rings. The van der Waals surface area contributed by atoms with E-state index in [9.17, 15) is 0 Å². The molecule has 0 saturated carbocycles. The summed E-state index contributed by atoms with van der Waals surface area (Å²) in [6, 6.07) is 67.4. The number of hydrogen-bond donors (Lipinski definition) is 0. The predicted molar refractivity (Wildman–Crippen MR) is 218 cm³/mol. The highest BCUT2D eigenvalue weighted by atomic mass is 32.1. The first-order chi connectivity index (χ1) is 25.3. The van der Waals surface area contributed by atoms with Gasteiger partial charge in [-0.1, -0.05) is 140 Å². The van der Waals surface area contributed by atoms with Crippen LogP contribution in [0.3, 0.4) is 0 Å². The van der Waals surface area contributed by atoms with Crippen molar-refractivity contribution < 1.29 is 4.42 Å². The van der Waals surface area contributed by atoms with Crippen LogP contribution in [0.2, 0.25) is 0 Å². The van der Waals surface area contributed by atoms with Crippen molar-refractivity contribution in [3.05, 3.63) is 188 Å². The Bertz CT molecular complexity index is 2860. The van der Waals surface area contributed by atoms with Crippen molar-refractivity contribution >= 4 is 70.5 Å². The summed E-state index contributed by atoms with van der Waals surface area (Å²) in [5.41, 5.74) is 12.1. The topological polar surface area (TPSA) is 16.4 Å². The van der Waals surface area contributed by atoms with Crippen molar-refractivity contribution in [3.63, 3.8) is 0 Å². The number of rotatable bonds is 6. The van der Waals surface area contributed by atoms with Gasteiger partial charge in [-0.3, -0.25) is 0 Å². The van der Waals surface area contributed by atoms with Crippen LogP contribution in [0, 0.1) is 0 Å². The number of hydrogen-bond acceptors (Lipinski definition) is 3. The van der Waals surface area contributed by atoms with Crippen molar-refractivity contribution in [3.8, 4) is 33.4 Å². The molecule has 0 spiro atoms. The van der Waals surface area contributed by atoms with Crippen molar-refractivity contribution in [2.75, 3.05) is 4.90 Å². The molecule has 0 unspecified atom stereocenters. The van der Waals surface area contributed by atoms with E-state index in [0.29, 0.717) is 0 Å². The van der Waals surface area contributed by atoms with E-state index >= 15 is 0 Å². The summed E-state index contributed by atoms with van der Waals surface area (Å²) in [4.78, 5) is 2.38. The number of anilines is 3. The van der Waals surface area contributed by atoms with Crippen LogP contribution in [0.15, 0.2) is 192 Å². The summed E-state index contributed by atoms with van der Waals surface area (Å²) in [5.74, 6) is 0. The van der Waals surface area contributed by atoms with Crippen molar-refractivity contribution in [2.24, 2.45) is 0 Å². The molecule has 0 atom stereocenters. The monoisotopic (exact) mass is 669 g/mol. The summed E-state index contributed by atoms with van der Waals surface area (Å²) in [6.45, 7) is 0.